The van der Waals surface area contributed by atoms with E-state index in [1.807, 2.05) is 36.4 Å². The van der Waals surface area contributed by atoms with Crippen molar-refractivity contribution < 1.29 is 14.3 Å². The van der Waals surface area contributed by atoms with E-state index in [0.717, 1.165) is 22.4 Å². The third-order valence-corrected chi connectivity index (χ3v) is 4.65. The van der Waals surface area contributed by atoms with Gasteiger partial charge in [0.05, 0.1) is 16.6 Å². The van der Waals surface area contributed by atoms with Crippen LogP contribution in [0.2, 0.25) is 0 Å². The Kier molecular flexibility index (Phi) is 3.95. The van der Waals surface area contributed by atoms with Crippen LogP contribution in [0.25, 0.3) is 11.0 Å². The minimum absolute atomic E-state index is 0.295. The summed E-state index contributed by atoms with van der Waals surface area (Å²) in [5.41, 5.74) is 2.04. The van der Waals surface area contributed by atoms with Crippen molar-refractivity contribution in [2.75, 3.05) is 6.54 Å². The molecule has 0 aliphatic carbocycles. The van der Waals surface area contributed by atoms with E-state index in [0.29, 0.717) is 24.9 Å². The van der Waals surface area contributed by atoms with E-state index in [1.54, 1.807) is 19.1 Å². The topological polar surface area (TPSA) is 84.1 Å². The van der Waals surface area contributed by atoms with Crippen molar-refractivity contribution in [1.29, 1.82) is 0 Å². The van der Waals surface area contributed by atoms with Crippen LogP contribution in [0.5, 0.6) is 0 Å². The second kappa shape index (κ2) is 6.29. The van der Waals surface area contributed by atoms with Gasteiger partial charge in [0.2, 0.25) is 0 Å². The highest BCUT2D eigenvalue weighted by atomic mass is 16.6. The number of carbonyl (C=O) groups excluding carboxylic acids is 2. The lowest BCUT2D eigenvalue weighted by Crippen LogP contribution is -2.52. The Balaban J connectivity index is 1.41. The van der Waals surface area contributed by atoms with Crippen LogP contribution in [0.1, 0.15) is 28.7 Å². The smallest absolute Gasteiger partial charge is 0.339 e. The molecule has 6 heteroatoms. The van der Waals surface area contributed by atoms with E-state index in [2.05, 4.69) is 15.3 Å². The maximum Gasteiger partial charge on any atom is 0.339 e. The standard InChI is InChI=1S/C20H19N3O3/c1-20(12-13-6-2-3-7-14(13)18(24)26-20)19(25)21-11-10-17-22-15-8-4-5-9-16(15)23-17/h2-9H,10-12H2,1H3,(H,21,25)(H,22,23). The molecule has 1 aliphatic heterocycles. The fourth-order valence-electron chi connectivity index (χ4n) is 3.26. The lowest BCUT2D eigenvalue weighted by Gasteiger charge is -2.33. The van der Waals surface area contributed by atoms with Gasteiger partial charge in [0.1, 0.15) is 5.82 Å². The van der Waals surface area contributed by atoms with Crippen LogP contribution in [0.3, 0.4) is 0 Å². The Morgan fingerprint density at radius 2 is 2.00 bits per heavy atom. The van der Waals surface area contributed by atoms with Gasteiger partial charge in [0, 0.05) is 19.4 Å². The fraction of sp³-hybridized carbons (Fsp3) is 0.250. The monoisotopic (exact) mass is 349 g/mol. The maximum absolute atomic E-state index is 12.6. The van der Waals surface area contributed by atoms with E-state index in [-0.39, 0.29) is 5.91 Å². The van der Waals surface area contributed by atoms with Gasteiger partial charge in [-0.2, -0.15) is 0 Å². The number of nitrogens with one attached hydrogen (secondary N) is 2. The van der Waals surface area contributed by atoms with Crippen LogP contribution >= 0.6 is 0 Å². The number of amides is 1. The van der Waals surface area contributed by atoms with Crippen molar-refractivity contribution in [2.45, 2.75) is 25.4 Å². The van der Waals surface area contributed by atoms with Crippen LogP contribution in [0.15, 0.2) is 48.5 Å². The number of carbonyl (C=O) groups is 2. The maximum atomic E-state index is 12.6. The number of cyclic esters (lactones) is 1. The third kappa shape index (κ3) is 2.94. The minimum atomic E-state index is -1.20. The van der Waals surface area contributed by atoms with Gasteiger partial charge in [-0.05, 0) is 30.7 Å². The Bertz CT molecular complexity index is 962. The Hall–Kier alpha value is -3.15. The molecule has 26 heavy (non-hydrogen) atoms. The summed E-state index contributed by atoms with van der Waals surface area (Å²) in [5, 5.41) is 2.86. The van der Waals surface area contributed by atoms with Crippen molar-refractivity contribution in [3.8, 4) is 0 Å². The zero-order valence-electron chi connectivity index (χ0n) is 14.4. The molecule has 6 nitrogen and oxygen atoms in total. The predicted molar refractivity (Wildman–Crippen MR) is 96.8 cm³/mol. The van der Waals surface area contributed by atoms with Gasteiger partial charge in [-0.25, -0.2) is 9.78 Å². The van der Waals surface area contributed by atoms with Gasteiger partial charge in [0.15, 0.2) is 5.60 Å². The molecule has 0 bridgehead atoms. The van der Waals surface area contributed by atoms with E-state index in [4.69, 9.17) is 4.74 Å². The molecule has 0 fully saturated rings. The number of benzene rings is 2. The van der Waals surface area contributed by atoms with Crippen molar-refractivity contribution >= 4 is 22.9 Å². The van der Waals surface area contributed by atoms with Gasteiger partial charge in [-0.1, -0.05) is 30.3 Å². The van der Waals surface area contributed by atoms with Gasteiger partial charge in [-0.15, -0.1) is 0 Å². The average Bonchev–Trinajstić information content (AvgIpc) is 3.04. The summed E-state index contributed by atoms with van der Waals surface area (Å²) >= 11 is 0. The molecule has 1 aromatic heterocycles. The number of para-hydroxylation sites is 2. The van der Waals surface area contributed by atoms with E-state index in [1.165, 1.54) is 0 Å². The van der Waals surface area contributed by atoms with Crippen molar-refractivity contribution in [2.24, 2.45) is 0 Å². The molecule has 0 saturated carbocycles. The number of rotatable bonds is 4. The van der Waals surface area contributed by atoms with E-state index < -0.39 is 11.6 Å². The largest absolute Gasteiger partial charge is 0.445 e. The fourth-order valence-corrected chi connectivity index (χ4v) is 3.26. The highest BCUT2D eigenvalue weighted by molar-refractivity contribution is 5.97. The molecule has 1 atom stereocenters. The number of esters is 1. The summed E-state index contributed by atoms with van der Waals surface area (Å²) in [7, 11) is 0. The number of ether oxygens (including phenoxy) is 1. The van der Waals surface area contributed by atoms with E-state index in [9.17, 15) is 9.59 Å². The molecule has 132 valence electrons. The first kappa shape index (κ1) is 16.3. The van der Waals surface area contributed by atoms with Gasteiger partial charge in [0.25, 0.3) is 5.91 Å². The molecule has 0 spiro atoms. The van der Waals surface area contributed by atoms with Gasteiger partial charge in [-0.3, -0.25) is 4.79 Å². The van der Waals surface area contributed by atoms with Crippen LogP contribution in [0, 0.1) is 0 Å². The minimum Gasteiger partial charge on any atom is -0.445 e. The van der Waals surface area contributed by atoms with Gasteiger partial charge < -0.3 is 15.0 Å². The molecule has 1 unspecified atom stereocenters. The Labute approximate surface area is 150 Å². The normalized spacial score (nSPS) is 19.0. The molecule has 1 amide bonds. The first-order chi connectivity index (χ1) is 12.5. The van der Waals surface area contributed by atoms with Crippen LogP contribution in [-0.2, 0) is 22.4 Å². The van der Waals surface area contributed by atoms with Crippen molar-refractivity contribution in [1.82, 2.24) is 15.3 Å². The first-order valence-corrected chi connectivity index (χ1v) is 8.58. The summed E-state index contributed by atoms with van der Waals surface area (Å²) in [6.45, 7) is 2.06. The number of hydrogen-bond donors (Lipinski definition) is 2. The number of nitrogens with zero attached hydrogens (tertiary/aromatic N) is 1. The lowest BCUT2D eigenvalue weighted by atomic mass is 9.89. The second-order valence-electron chi connectivity index (χ2n) is 6.66. The molecule has 0 radical (unpaired) electrons. The lowest BCUT2D eigenvalue weighted by molar-refractivity contribution is -0.139. The highest BCUT2D eigenvalue weighted by Gasteiger charge is 2.42. The van der Waals surface area contributed by atoms with Crippen molar-refractivity contribution in [3.05, 3.63) is 65.5 Å². The zero-order chi connectivity index (χ0) is 18.1. The number of aromatic nitrogens is 2. The second-order valence-corrected chi connectivity index (χ2v) is 6.66. The summed E-state index contributed by atoms with van der Waals surface area (Å²) < 4.78 is 5.44. The quantitative estimate of drug-likeness (QED) is 0.709. The van der Waals surface area contributed by atoms with Crippen LogP contribution in [-0.4, -0.2) is 34.0 Å². The summed E-state index contributed by atoms with van der Waals surface area (Å²) in [6.07, 6.45) is 0.937. The third-order valence-electron chi connectivity index (χ3n) is 4.65. The first-order valence-electron chi connectivity index (χ1n) is 8.58. The SMILES string of the molecule is CC1(C(=O)NCCc2nc3ccccc3[nH]2)Cc2ccccc2C(=O)O1. The number of hydrogen-bond acceptors (Lipinski definition) is 4. The Morgan fingerprint density at radius 3 is 2.85 bits per heavy atom. The van der Waals surface area contributed by atoms with Crippen LogP contribution < -0.4 is 5.32 Å². The molecule has 0 saturated heterocycles. The van der Waals surface area contributed by atoms with Crippen molar-refractivity contribution in [3.63, 3.8) is 0 Å². The molecule has 4 rings (SSSR count). The predicted octanol–water partition coefficient (Wildman–Crippen LogP) is 2.39. The molecule has 2 heterocycles. The molecule has 2 N–H and O–H groups in total. The Morgan fingerprint density at radius 1 is 1.23 bits per heavy atom. The number of H-pyrrole nitrogens is 1. The molecular weight excluding hydrogens is 330 g/mol. The zero-order valence-corrected chi connectivity index (χ0v) is 14.4. The summed E-state index contributed by atoms with van der Waals surface area (Å²) in [4.78, 5) is 32.5. The average molecular weight is 349 g/mol. The molecule has 3 aromatic rings. The van der Waals surface area contributed by atoms with Crippen LogP contribution in [0.4, 0.5) is 0 Å². The van der Waals surface area contributed by atoms with E-state index >= 15 is 0 Å². The number of fused-ring (bicyclic) bond motifs is 2. The molecule has 1 aliphatic rings. The summed E-state index contributed by atoms with van der Waals surface area (Å²) in [5.74, 6) is 0.0564. The number of imidazole rings is 1. The molecular formula is C20H19N3O3. The molecule has 2 aromatic carbocycles. The highest BCUT2D eigenvalue weighted by Crippen LogP contribution is 2.28. The van der Waals surface area contributed by atoms with Gasteiger partial charge >= 0.3 is 5.97 Å². The number of aromatic amines is 1. The summed E-state index contributed by atoms with van der Waals surface area (Å²) in [6, 6.07) is 15.0.